The first-order valence-electron chi connectivity index (χ1n) is 10.1. The highest BCUT2D eigenvalue weighted by Crippen LogP contribution is 2.13. The molecule has 0 aliphatic heterocycles. The van der Waals surface area contributed by atoms with Gasteiger partial charge in [-0.2, -0.15) is 0 Å². The highest BCUT2D eigenvalue weighted by atomic mass is 127. The second-order valence-electron chi connectivity index (χ2n) is 6.96. The van der Waals surface area contributed by atoms with Crippen molar-refractivity contribution in [3.8, 4) is 5.75 Å². The van der Waals surface area contributed by atoms with Gasteiger partial charge in [0.1, 0.15) is 5.75 Å². The Hall–Kier alpha value is -2.29. The molecule has 164 valence electrons. The number of rotatable bonds is 10. The number of aliphatic imine (C=N–C) groups is 1. The molecule has 0 bridgehead atoms. The molecule has 0 aliphatic rings. The van der Waals surface area contributed by atoms with E-state index in [0.29, 0.717) is 19.0 Å². The number of hydrogen-bond donors (Lipinski definition) is 2. The van der Waals surface area contributed by atoms with Crippen molar-refractivity contribution in [2.45, 2.75) is 26.3 Å². The fourth-order valence-corrected chi connectivity index (χ4v) is 2.58. The van der Waals surface area contributed by atoms with Crippen LogP contribution < -0.4 is 15.4 Å². The molecular weight excluding hydrogens is 491 g/mol. The van der Waals surface area contributed by atoms with Crippen LogP contribution in [0.25, 0.3) is 0 Å². The van der Waals surface area contributed by atoms with E-state index < -0.39 is 0 Å². The molecule has 0 aromatic heterocycles. The third-order valence-corrected chi connectivity index (χ3v) is 4.25. The molecule has 2 aromatic rings. The SMILES string of the molecule is CCCOc1cccc(CCNC(=NCc2ccccc2)NCC(=O)N(C)C)c1.I. The van der Waals surface area contributed by atoms with Gasteiger partial charge < -0.3 is 20.3 Å². The first-order chi connectivity index (χ1) is 14.1. The molecular formula is C23H33IN4O2. The maximum atomic E-state index is 11.9. The smallest absolute Gasteiger partial charge is 0.241 e. The Labute approximate surface area is 197 Å². The number of ether oxygens (including phenoxy) is 1. The van der Waals surface area contributed by atoms with Crippen LogP contribution in [-0.2, 0) is 17.8 Å². The van der Waals surface area contributed by atoms with Crippen molar-refractivity contribution in [3.63, 3.8) is 0 Å². The van der Waals surface area contributed by atoms with E-state index in [4.69, 9.17) is 4.74 Å². The second-order valence-corrected chi connectivity index (χ2v) is 6.96. The number of likely N-dealkylation sites (N-methyl/N-ethyl adjacent to an activating group) is 1. The van der Waals surface area contributed by atoms with Crippen molar-refractivity contribution in [2.75, 3.05) is 33.8 Å². The van der Waals surface area contributed by atoms with Crippen molar-refractivity contribution in [3.05, 3.63) is 65.7 Å². The number of amides is 1. The molecule has 0 saturated heterocycles. The van der Waals surface area contributed by atoms with Crippen LogP contribution in [0.5, 0.6) is 5.75 Å². The first kappa shape index (κ1) is 25.7. The molecule has 0 saturated carbocycles. The van der Waals surface area contributed by atoms with Crippen molar-refractivity contribution in [1.29, 1.82) is 0 Å². The number of hydrogen-bond acceptors (Lipinski definition) is 3. The Morgan fingerprint density at radius 2 is 1.77 bits per heavy atom. The fraction of sp³-hybridized carbons (Fsp3) is 0.391. The number of benzene rings is 2. The molecule has 0 unspecified atom stereocenters. The average molecular weight is 524 g/mol. The molecule has 0 aliphatic carbocycles. The first-order valence-corrected chi connectivity index (χ1v) is 10.1. The van der Waals surface area contributed by atoms with Crippen LogP contribution in [0.15, 0.2) is 59.6 Å². The summed E-state index contributed by atoms with van der Waals surface area (Å²) in [5, 5.41) is 6.44. The Morgan fingerprint density at radius 1 is 1.03 bits per heavy atom. The summed E-state index contributed by atoms with van der Waals surface area (Å²) in [6.45, 7) is 4.27. The molecule has 0 spiro atoms. The zero-order chi connectivity index (χ0) is 20.9. The minimum atomic E-state index is -0.0000137. The van der Waals surface area contributed by atoms with E-state index in [0.717, 1.165) is 30.8 Å². The van der Waals surface area contributed by atoms with Crippen LogP contribution >= 0.6 is 24.0 Å². The lowest BCUT2D eigenvalue weighted by atomic mass is 10.1. The van der Waals surface area contributed by atoms with Gasteiger partial charge in [0.25, 0.3) is 0 Å². The summed E-state index contributed by atoms with van der Waals surface area (Å²) in [4.78, 5) is 18.1. The lowest BCUT2D eigenvalue weighted by Crippen LogP contribution is -2.43. The van der Waals surface area contributed by atoms with E-state index in [1.165, 1.54) is 5.56 Å². The second kappa shape index (κ2) is 14.7. The Kier molecular flexibility index (Phi) is 12.6. The number of nitrogens with zero attached hydrogens (tertiary/aromatic N) is 2. The molecule has 2 N–H and O–H groups in total. The molecule has 0 radical (unpaired) electrons. The Morgan fingerprint density at radius 3 is 2.47 bits per heavy atom. The van der Waals surface area contributed by atoms with Crippen LogP contribution in [0.4, 0.5) is 0 Å². The van der Waals surface area contributed by atoms with Gasteiger partial charge in [0, 0.05) is 20.6 Å². The average Bonchev–Trinajstić information content (AvgIpc) is 2.74. The van der Waals surface area contributed by atoms with Crippen molar-refractivity contribution >= 4 is 35.8 Å². The van der Waals surface area contributed by atoms with Gasteiger partial charge in [-0.1, -0.05) is 49.4 Å². The van der Waals surface area contributed by atoms with E-state index in [2.05, 4.69) is 34.7 Å². The summed E-state index contributed by atoms with van der Waals surface area (Å²) in [6, 6.07) is 18.2. The van der Waals surface area contributed by atoms with Crippen LogP contribution in [0.3, 0.4) is 0 Å². The maximum Gasteiger partial charge on any atom is 0.241 e. The summed E-state index contributed by atoms with van der Waals surface area (Å²) in [7, 11) is 3.48. The quantitative estimate of drug-likeness (QED) is 0.284. The highest BCUT2D eigenvalue weighted by Gasteiger charge is 2.06. The van der Waals surface area contributed by atoms with E-state index in [9.17, 15) is 4.79 Å². The summed E-state index contributed by atoms with van der Waals surface area (Å²) in [5.41, 5.74) is 2.31. The van der Waals surface area contributed by atoms with Crippen LogP contribution in [-0.4, -0.2) is 50.6 Å². The van der Waals surface area contributed by atoms with Gasteiger partial charge in [-0.25, -0.2) is 4.99 Å². The maximum absolute atomic E-state index is 11.9. The van der Waals surface area contributed by atoms with E-state index >= 15 is 0 Å². The van der Waals surface area contributed by atoms with Crippen molar-refractivity contribution < 1.29 is 9.53 Å². The number of nitrogens with one attached hydrogen (secondary N) is 2. The standard InChI is InChI=1S/C23H32N4O2.HI/c1-4-15-29-21-12-8-11-19(16-21)13-14-24-23(26-18-22(28)27(2)3)25-17-20-9-6-5-7-10-20;/h5-12,16H,4,13-15,17-18H2,1-3H3,(H2,24,25,26);1H. The number of guanidine groups is 1. The number of halogens is 1. The van der Waals surface area contributed by atoms with Gasteiger partial charge >= 0.3 is 0 Å². The van der Waals surface area contributed by atoms with Crippen molar-refractivity contribution in [2.24, 2.45) is 4.99 Å². The lowest BCUT2D eigenvalue weighted by Gasteiger charge is -2.15. The van der Waals surface area contributed by atoms with Gasteiger partial charge in [0.2, 0.25) is 5.91 Å². The minimum absolute atomic E-state index is 0. The van der Waals surface area contributed by atoms with Crippen LogP contribution in [0.1, 0.15) is 24.5 Å². The van der Waals surface area contributed by atoms with Gasteiger partial charge in [-0.05, 0) is 36.1 Å². The fourth-order valence-electron chi connectivity index (χ4n) is 2.58. The van der Waals surface area contributed by atoms with Gasteiger partial charge in [0.05, 0.1) is 19.7 Å². The summed E-state index contributed by atoms with van der Waals surface area (Å²) >= 11 is 0. The third kappa shape index (κ3) is 9.96. The molecule has 30 heavy (non-hydrogen) atoms. The highest BCUT2D eigenvalue weighted by molar-refractivity contribution is 14.0. The normalized spacial score (nSPS) is 10.7. The minimum Gasteiger partial charge on any atom is -0.494 e. The molecule has 6 nitrogen and oxygen atoms in total. The van der Waals surface area contributed by atoms with Gasteiger partial charge in [-0.15, -0.1) is 24.0 Å². The predicted molar refractivity (Wildman–Crippen MR) is 134 cm³/mol. The van der Waals surface area contributed by atoms with E-state index in [1.807, 2.05) is 42.5 Å². The summed E-state index contributed by atoms with van der Waals surface area (Å²) < 4.78 is 5.70. The summed E-state index contributed by atoms with van der Waals surface area (Å²) in [6.07, 6.45) is 1.82. The largest absolute Gasteiger partial charge is 0.494 e. The number of carbonyl (C=O) groups is 1. The van der Waals surface area contributed by atoms with Gasteiger partial charge in [0.15, 0.2) is 5.96 Å². The Balaban J connectivity index is 0.00000450. The zero-order valence-corrected chi connectivity index (χ0v) is 20.4. The molecule has 0 fully saturated rings. The lowest BCUT2D eigenvalue weighted by molar-refractivity contribution is -0.127. The van der Waals surface area contributed by atoms with E-state index in [1.54, 1.807) is 19.0 Å². The van der Waals surface area contributed by atoms with Crippen molar-refractivity contribution in [1.82, 2.24) is 15.5 Å². The Bertz CT molecular complexity index is 782. The molecule has 1 amide bonds. The molecule has 0 heterocycles. The van der Waals surface area contributed by atoms with Crippen LogP contribution in [0, 0.1) is 0 Å². The monoisotopic (exact) mass is 524 g/mol. The van der Waals surface area contributed by atoms with E-state index in [-0.39, 0.29) is 36.4 Å². The number of carbonyl (C=O) groups excluding carboxylic acids is 1. The molecule has 2 rings (SSSR count). The predicted octanol–water partition coefficient (Wildman–Crippen LogP) is 3.46. The van der Waals surface area contributed by atoms with Crippen LogP contribution in [0.2, 0.25) is 0 Å². The summed E-state index contributed by atoms with van der Waals surface area (Å²) in [5.74, 6) is 1.53. The zero-order valence-electron chi connectivity index (χ0n) is 18.1. The molecule has 2 aromatic carbocycles. The molecule has 0 atom stereocenters. The third-order valence-electron chi connectivity index (χ3n) is 4.25. The topological polar surface area (TPSA) is 66.0 Å². The van der Waals surface area contributed by atoms with Gasteiger partial charge in [-0.3, -0.25) is 4.79 Å². The molecule has 7 heteroatoms.